The second kappa shape index (κ2) is 5.20. The van der Waals surface area contributed by atoms with Gasteiger partial charge in [0.25, 0.3) is 0 Å². The molecule has 5 nitrogen and oxygen atoms in total. The van der Waals surface area contributed by atoms with Crippen molar-refractivity contribution in [3.05, 3.63) is 10.4 Å². The fourth-order valence-corrected chi connectivity index (χ4v) is 1.92. The second-order valence-corrected chi connectivity index (χ2v) is 3.71. The maximum absolute atomic E-state index is 8.86. The molecule has 78 valence electrons. The number of rotatable bonds is 4. The van der Waals surface area contributed by atoms with Crippen LogP contribution in [0.2, 0.25) is 0 Å². The third-order valence-electron chi connectivity index (χ3n) is 1.75. The molecule has 1 rings (SSSR count). The number of nitriles is 2. The minimum absolute atomic E-state index is 0.255. The van der Waals surface area contributed by atoms with Crippen molar-refractivity contribution in [2.75, 3.05) is 31.3 Å². The molecule has 0 saturated carbocycles. The first-order chi connectivity index (χ1) is 7.24. The van der Waals surface area contributed by atoms with E-state index < -0.39 is 0 Å². The van der Waals surface area contributed by atoms with Gasteiger partial charge in [-0.25, -0.2) is 0 Å². The predicted molar refractivity (Wildman–Crippen MR) is 58.5 cm³/mol. The van der Waals surface area contributed by atoms with E-state index in [-0.39, 0.29) is 5.69 Å². The van der Waals surface area contributed by atoms with Crippen LogP contribution in [0.15, 0.2) is 0 Å². The summed E-state index contributed by atoms with van der Waals surface area (Å²) < 4.78 is 4.86. The second-order valence-electron chi connectivity index (χ2n) is 2.69. The first-order valence-corrected chi connectivity index (χ1v) is 5.01. The summed E-state index contributed by atoms with van der Waals surface area (Å²) in [5.41, 5.74) is 6.22. The van der Waals surface area contributed by atoms with E-state index in [0.717, 1.165) is 0 Å². The van der Waals surface area contributed by atoms with E-state index in [1.54, 1.807) is 7.11 Å². The Labute approximate surface area is 91.7 Å². The summed E-state index contributed by atoms with van der Waals surface area (Å²) in [5, 5.41) is 21.2. The third-order valence-corrected chi connectivity index (χ3v) is 2.82. The molecule has 0 saturated heterocycles. The van der Waals surface area contributed by atoms with Crippen molar-refractivity contribution < 1.29 is 4.74 Å². The highest BCUT2D eigenvalue weighted by Crippen LogP contribution is 2.34. The number of thiophene rings is 1. The number of hydrogen-bond donors (Lipinski definition) is 2. The Morgan fingerprint density at radius 1 is 1.47 bits per heavy atom. The van der Waals surface area contributed by atoms with Gasteiger partial charge < -0.3 is 15.8 Å². The minimum atomic E-state index is 0.255. The molecule has 15 heavy (non-hydrogen) atoms. The van der Waals surface area contributed by atoms with Crippen molar-refractivity contribution in [3.63, 3.8) is 0 Å². The highest BCUT2D eigenvalue weighted by Gasteiger charge is 2.14. The predicted octanol–water partition coefficient (Wildman–Crippen LogP) is 1.13. The molecule has 6 heteroatoms. The molecule has 1 aromatic heterocycles. The van der Waals surface area contributed by atoms with Crippen molar-refractivity contribution in [3.8, 4) is 12.1 Å². The topological polar surface area (TPSA) is 94.9 Å². The molecule has 0 amide bonds. The lowest BCUT2D eigenvalue weighted by atomic mass is 10.2. The van der Waals surface area contributed by atoms with E-state index in [1.165, 1.54) is 11.3 Å². The van der Waals surface area contributed by atoms with Gasteiger partial charge in [-0.2, -0.15) is 10.5 Å². The van der Waals surface area contributed by atoms with Crippen molar-refractivity contribution in [1.29, 1.82) is 10.5 Å². The van der Waals surface area contributed by atoms with Gasteiger partial charge in [-0.3, -0.25) is 0 Å². The lowest BCUT2D eigenvalue weighted by Gasteiger charge is -2.02. The zero-order valence-electron chi connectivity index (χ0n) is 8.20. The molecule has 0 aliphatic heterocycles. The van der Waals surface area contributed by atoms with Gasteiger partial charge in [0.15, 0.2) is 0 Å². The van der Waals surface area contributed by atoms with Crippen LogP contribution >= 0.6 is 11.3 Å². The molecular formula is C9H10N4OS. The van der Waals surface area contributed by atoms with Gasteiger partial charge in [-0.05, 0) is 0 Å². The maximum atomic E-state index is 8.86. The molecule has 0 aromatic carbocycles. The summed E-state index contributed by atoms with van der Waals surface area (Å²) in [6.45, 7) is 1.11. The van der Waals surface area contributed by atoms with Crippen LogP contribution in [0.25, 0.3) is 0 Å². The first kappa shape index (κ1) is 11.3. The average molecular weight is 222 g/mol. The lowest BCUT2D eigenvalue weighted by Crippen LogP contribution is -2.07. The normalized spacial score (nSPS) is 9.27. The molecular weight excluding hydrogens is 212 g/mol. The number of methoxy groups -OCH3 is 1. The summed E-state index contributed by atoms with van der Waals surface area (Å²) >= 11 is 1.19. The standard InChI is InChI=1S/C9H10N4OS/c1-14-3-2-13-9-6(4-10)8(12)7(5-11)15-9/h13H,2-3,12H2,1H3. The molecule has 0 spiro atoms. The highest BCUT2D eigenvalue weighted by atomic mass is 32.1. The van der Waals surface area contributed by atoms with Gasteiger partial charge in [-0.1, -0.05) is 0 Å². The van der Waals surface area contributed by atoms with Crippen LogP contribution in [0.1, 0.15) is 10.4 Å². The first-order valence-electron chi connectivity index (χ1n) is 4.19. The molecule has 0 atom stereocenters. The highest BCUT2D eigenvalue weighted by molar-refractivity contribution is 7.17. The Hall–Kier alpha value is -1.76. The van der Waals surface area contributed by atoms with Gasteiger partial charge >= 0.3 is 0 Å². The zero-order valence-corrected chi connectivity index (χ0v) is 9.02. The Morgan fingerprint density at radius 2 is 2.20 bits per heavy atom. The zero-order chi connectivity index (χ0) is 11.3. The van der Waals surface area contributed by atoms with Crippen molar-refractivity contribution in [1.82, 2.24) is 0 Å². The van der Waals surface area contributed by atoms with Crippen molar-refractivity contribution in [2.45, 2.75) is 0 Å². The van der Waals surface area contributed by atoms with E-state index in [2.05, 4.69) is 5.32 Å². The van der Waals surface area contributed by atoms with Gasteiger partial charge in [0.05, 0.1) is 12.3 Å². The van der Waals surface area contributed by atoms with E-state index in [4.69, 9.17) is 21.0 Å². The third kappa shape index (κ3) is 2.38. The van der Waals surface area contributed by atoms with Gasteiger partial charge in [0.2, 0.25) is 0 Å². The summed E-state index contributed by atoms with van der Waals surface area (Å²) in [4.78, 5) is 0.367. The summed E-state index contributed by atoms with van der Waals surface area (Å²) in [5.74, 6) is 0. The molecule has 0 fully saturated rings. The van der Waals surface area contributed by atoms with Crippen LogP contribution in [0, 0.1) is 22.7 Å². The van der Waals surface area contributed by atoms with E-state index >= 15 is 0 Å². The fraction of sp³-hybridized carbons (Fsp3) is 0.333. The number of nitrogens with zero attached hydrogens (tertiary/aromatic N) is 2. The summed E-state index contributed by atoms with van der Waals surface area (Å²) in [7, 11) is 1.59. The number of nitrogen functional groups attached to an aromatic ring is 1. The number of anilines is 2. The van der Waals surface area contributed by atoms with Gasteiger partial charge in [-0.15, -0.1) is 11.3 Å². The molecule has 0 radical (unpaired) electrons. The number of hydrogen-bond acceptors (Lipinski definition) is 6. The van der Waals surface area contributed by atoms with E-state index in [1.807, 2.05) is 12.1 Å². The number of nitrogens with two attached hydrogens (primary N) is 1. The largest absolute Gasteiger partial charge is 0.396 e. The Kier molecular flexibility index (Phi) is 3.92. The lowest BCUT2D eigenvalue weighted by molar-refractivity contribution is 0.211. The van der Waals surface area contributed by atoms with Crippen LogP contribution in [-0.2, 0) is 4.74 Å². The average Bonchev–Trinajstić information content (AvgIpc) is 2.55. The fourth-order valence-electron chi connectivity index (χ4n) is 1.03. The van der Waals surface area contributed by atoms with Crippen molar-refractivity contribution in [2.24, 2.45) is 0 Å². The molecule has 1 heterocycles. The Bertz CT molecular complexity index is 427. The van der Waals surface area contributed by atoms with Crippen LogP contribution in [0.3, 0.4) is 0 Å². The van der Waals surface area contributed by atoms with Crippen LogP contribution in [-0.4, -0.2) is 20.3 Å². The monoisotopic (exact) mass is 222 g/mol. The molecule has 3 N–H and O–H groups in total. The van der Waals surface area contributed by atoms with Gasteiger partial charge in [0.1, 0.15) is 27.6 Å². The van der Waals surface area contributed by atoms with Gasteiger partial charge in [0, 0.05) is 13.7 Å². The van der Waals surface area contributed by atoms with E-state index in [9.17, 15) is 0 Å². The molecule has 0 aliphatic carbocycles. The Balaban J connectivity index is 2.89. The summed E-state index contributed by atoms with van der Waals surface area (Å²) in [6, 6.07) is 3.93. The molecule has 1 aromatic rings. The van der Waals surface area contributed by atoms with Crippen LogP contribution in [0.4, 0.5) is 10.7 Å². The summed E-state index contributed by atoms with van der Waals surface area (Å²) in [6.07, 6.45) is 0. The smallest absolute Gasteiger partial charge is 0.131 e. The minimum Gasteiger partial charge on any atom is -0.396 e. The SMILES string of the molecule is COCCNc1sc(C#N)c(N)c1C#N. The molecule has 0 aliphatic rings. The quantitative estimate of drug-likeness (QED) is 0.744. The van der Waals surface area contributed by atoms with E-state index in [0.29, 0.717) is 28.6 Å². The van der Waals surface area contributed by atoms with Crippen molar-refractivity contribution >= 4 is 22.0 Å². The molecule has 0 unspecified atom stereocenters. The van der Waals surface area contributed by atoms with Crippen LogP contribution < -0.4 is 11.1 Å². The number of ether oxygens (including phenoxy) is 1. The number of nitrogens with one attached hydrogen (secondary N) is 1. The Morgan fingerprint density at radius 3 is 2.73 bits per heavy atom. The molecule has 0 bridgehead atoms. The van der Waals surface area contributed by atoms with Crippen LogP contribution in [0.5, 0.6) is 0 Å². The maximum Gasteiger partial charge on any atom is 0.131 e.